The van der Waals surface area contributed by atoms with E-state index in [0.717, 1.165) is 44.4 Å². The Morgan fingerprint density at radius 2 is 1.70 bits per heavy atom. The van der Waals surface area contributed by atoms with E-state index in [0.29, 0.717) is 0 Å². The van der Waals surface area contributed by atoms with Crippen LogP contribution in [0, 0.1) is 16.2 Å². The van der Waals surface area contributed by atoms with Gasteiger partial charge in [0, 0.05) is 28.3 Å². The first-order valence-corrected chi connectivity index (χ1v) is 10.4. The molecule has 0 aromatic carbocycles. The first kappa shape index (κ1) is 20.7. The lowest BCUT2D eigenvalue weighted by molar-refractivity contribution is -0.136. The third-order valence-corrected chi connectivity index (χ3v) is 6.78. The molecular formula is C19H37NO2S. The zero-order valence-electron chi connectivity index (χ0n) is 16.3. The lowest BCUT2D eigenvalue weighted by atomic mass is 9.65. The van der Waals surface area contributed by atoms with Crippen molar-refractivity contribution >= 4 is 16.7 Å². The fourth-order valence-corrected chi connectivity index (χ4v) is 5.36. The second-order valence-electron chi connectivity index (χ2n) is 9.71. The number of nitrogens with one attached hydrogen (secondary N) is 1. The first-order valence-electron chi connectivity index (χ1n) is 9.04. The van der Waals surface area contributed by atoms with E-state index < -0.39 is 10.8 Å². The molecule has 1 N–H and O–H groups in total. The minimum Gasteiger partial charge on any atom is -0.356 e. The highest BCUT2D eigenvalue weighted by Gasteiger charge is 2.51. The van der Waals surface area contributed by atoms with Crippen molar-refractivity contribution < 1.29 is 9.00 Å². The van der Waals surface area contributed by atoms with E-state index in [9.17, 15) is 9.00 Å². The molecule has 0 heterocycles. The van der Waals surface area contributed by atoms with Crippen molar-refractivity contribution in [2.75, 3.05) is 12.3 Å². The fraction of sp³-hybridized carbons (Fsp3) is 0.947. The predicted molar refractivity (Wildman–Crippen MR) is 99.9 cm³/mol. The molecule has 0 bridgehead atoms. The summed E-state index contributed by atoms with van der Waals surface area (Å²) in [5.74, 6) is 0.915. The first-order chi connectivity index (χ1) is 10.4. The zero-order valence-corrected chi connectivity index (χ0v) is 17.1. The van der Waals surface area contributed by atoms with Gasteiger partial charge in [0.2, 0.25) is 5.91 Å². The molecule has 0 aliphatic heterocycles. The summed E-state index contributed by atoms with van der Waals surface area (Å²) in [4.78, 5) is 12.7. The Morgan fingerprint density at radius 1 is 1.13 bits per heavy atom. The standard InChI is InChI=1S/C19H37NO2S/c1-8-9-19(16(21)20-11-10-17(2,3)4)12-15(13-19)23(22)14-18(5,6)7/h15H,8-14H2,1-7H3,(H,20,21). The molecule has 0 aromatic heterocycles. The van der Waals surface area contributed by atoms with Gasteiger partial charge in [0.1, 0.15) is 0 Å². The van der Waals surface area contributed by atoms with Crippen LogP contribution >= 0.6 is 0 Å². The third-order valence-electron chi connectivity index (χ3n) is 4.55. The smallest absolute Gasteiger partial charge is 0.226 e. The molecule has 23 heavy (non-hydrogen) atoms. The van der Waals surface area contributed by atoms with Crippen molar-refractivity contribution in [3.8, 4) is 0 Å². The van der Waals surface area contributed by atoms with Crippen molar-refractivity contribution in [1.82, 2.24) is 5.32 Å². The maximum Gasteiger partial charge on any atom is 0.226 e. The molecule has 1 unspecified atom stereocenters. The molecule has 1 atom stereocenters. The van der Waals surface area contributed by atoms with E-state index in [4.69, 9.17) is 0 Å². The van der Waals surface area contributed by atoms with Gasteiger partial charge in [-0.1, -0.05) is 54.9 Å². The maximum atomic E-state index is 12.7. The molecule has 0 aromatic rings. The minimum atomic E-state index is -0.814. The van der Waals surface area contributed by atoms with Crippen LogP contribution in [-0.4, -0.2) is 27.7 Å². The highest BCUT2D eigenvalue weighted by atomic mass is 32.2. The minimum absolute atomic E-state index is 0.0861. The van der Waals surface area contributed by atoms with Gasteiger partial charge >= 0.3 is 0 Å². The van der Waals surface area contributed by atoms with Crippen LogP contribution in [-0.2, 0) is 15.6 Å². The quantitative estimate of drug-likeness (QED) is 0.750. The molecule has 1 aliphatic carbocycles. The Morgan fingerprint density at radius 3 is 2.13 bits per heavy atom. The maximum absolute atomic E-state index is 12.7. The lowest BCUT2D eigenvalue weighted by Gasteiger charge is -2.46. The number of carbonyl (C=O) groups excluding carboxylic acids is 1. The van der Waals surface area contributed by atoms with E-state index >= 15 is 0 Å². The van der Waals surface area contributed by atoms with Gasteiger partial charge in [-0.25, -0.2) is 0 Å². The van der Waals surface area contributed by atoms with Crippen LogP contribution in [0.1, 0.15) is 80.6 Å². The molecular weight excluding hydrogens is 306 g/mol. The predicted octanol–water partition coefficient (Wildman–Crippen LogP) is 4.28. The highest BCUT2D eigenvalue weighted by molar-refractivity contribution is 7.85. The summed E-state index contributed by atoms with van der Waals surface area (Å²) in [5.41, 5.74) is 0.0647. The molecule has 1 saturated carbocycles. The van der Waals surface area contributed by atoms with E-state index in [-0.39, 0.29) is 27.4 Å². The highest BCUT2D eigenvalue weighted by Crippen LogP contribution is 2.48. The second kappa shape index (κ2) is 7.67. The Labute approximate surface area is 145 Å². The topological polar surface area (TPSA) is 46.2 Å². The number of rotatable bonds is 7. The van der Waals surface area contributed by atoms with Gasteiger partial charge in [-0.05, 0) is 36.5 Å². The summed E-state index contributed by atoms with van der Waals surface area (Å²) >= 11 is 0. The van der Waals surface area contributed by atoms with Crippen molar-refractivity contribution in [2.45, 2.75) is 85.8 Å². The largest absolute Gasteiger partial charge is 0.356 e. The number of hydrogen-bond donors (Lipinski definition) is 1. The Bertz CT molecular complexity index is 426. The van der Waals surface area contributed by atoms with E-state index in [1.54, 1.807) is 0 Å². The van der Waals surface area contributed by atoms with Crippen molar-refractivity contribution in [3.63, 3.8) is 0 Å². The van der Waals surface area contributed by atoms with Crippen molar-refractivity contribution in [1.29, 1.82) is 0 Å². The molecule has 136 valence electrons. The molecule has 0 spiro atoms. The molecule has 0 radical (unpaired) electrons. The van der Waals surface area contributed by atoms with Crippen LogP contribution in [0.15, 0.2) is 0 Å². The summed E-state index contributed by atoms with van der Waals surface area (Å²) in [6.07, 6.45) is 4.50. The molecule has 1 aliphatic rings. The van der Waals surface area contributed by atoms with E-state index in [1.807, 2.05) is 0 Å². The van der Waals surface area contributed by atoms with E-state index in [1.165, 1.54) is 0 Å². The van der Waals surface area contributed by atoms with Gasteiger partial charge in [-0.2, -0.15) is 0 Å². The van der Waals surface area contributed by atoms with Crippen LogP contribution in [0.25, 0.3) is 0 Å². The summed E-state index contributed by atoms with van der Waals surface area (Å²) in [7, 11) is -0.814. The number of amides is 1. The normalized spacial score (nSPS) is 26.5. The molecule has 4 heteroatoms. The third kappa shape index (κ3) is 6.56. The van der Waals surface area contributed by atoms with Crippen LogP contribution in [0.2, 0.25) is 0 Å². The van der Waals surface area contributed by atoms with Crippen LogP contribution in [0.5, 0.6) is 0 Å². The van der Waals surface area contributed by atoms with Gasteiger partial charge in [0.15, 0.2) is 0 Å². The van der Waals surface area contributed by atoms with Crippen molar-refractivity contribution in [3.05, 3.63) is 0 Å². The Kier molecular flexibility index (Phi) is 6.89. The molecule has 1 fully saturated rings. The fourth-order valence-electron chi connectivity index (χ4n) is 3.26. The number of carbonyl (C=O) groups is 1. The molecule has 0 saturated heterocycles. The molecule has 1 amide bonds. The zero-order chi connectivity index (χ0) is 17.9. The monoisotopic (exact) mass is 343 g/mol. The summed E-state index contributed by atoms with van der Waals surface area (Å²) in [6, 6.07) is 0. The van der Waals surface area contributed by atoms with E-state index in [2.05, 4.69) is 53.8 Å². The molecule has 1 rings (SSSR count). The van der Waals surface area contributed by atoms with Gasteiger partial charge in [-0.15, -0.1) is 0 Å². The van der Waals surface area contributed by atoms with Crippen LogP contribution in [0.4, 0.5) is 0 Å². The van der Waals surface area contributed by atoms with Crippen LogP contribution < -0.4 is 5.32 Å². The summed E-state index contributed by atoms with van der Waals surface area (Å²) in [6.45, 7) is 15.8. The van der Waals surface area contributed by atoms with Crippen LogP contribution in [0.3, 0.4) is 0 Å². The SMILES string of the molecule is CCCC1(C(=O)NCCC(C)(C)C)CC(S(=O)CC(C)(C)C)C1. The Balaban J connectivity index is 2.56. The second-order valence-corrected chi connectivity index (χ2v) is 11.4. The van der Waals surface area contributed by atoms with Gasteiger partial charge < -0.3 is 5.32 Å². The van der Waals surface area contributed by atoms with Gasteiger partial charge in [0.25, 0.3) is 0 Å². The average molecular weight is 344 g/mol. The van der Waals surface area contributed by atoms with Gasteiger partial charge in [-0.3, -0.25) is 9.00 Å². The average Bonchev–Trinajstić information content (AvgIpc) is 2.28. The van der Waals surface area contributed by atoms with Gasteiger partial charge in [0.05, 0.1) is 5.41 Å². The number of hydrogen-bond acceptors (Lipinski definition) is 2. The van der Waals surface area contributed by atoms with Crippen molar-refractivity contribution in [2.24, 2.45) is 16.2 Å². The lowest BCUT2D eigenvalue weighted by Crippen LogP contribution is -2.54. The summed E-state index contributed by atoms with van der Waals surface area (Å²) < 4.78 is 12.5. The summed E-state index contributed by atoms with van der Waals surface area (Å²) in [5, 5.41) is 3.34. The molecule has 3 nitrogen and oxygen atoms in total. The Hall–Kier alpha value is -0.380.